The predicted octanol–water partition coefficient (Wildman–Crippen LogP) is 4.98. The van der Waals surface area contributed by atoms with Gasteiger partial charge in [-0.1, -0.05) is 13.8 Å². The normalized spacial score (nSPS) is 11.0. The molecule has 7 heteroatoms. The summed E-state index contributed by atoms with van der Waals surface area (Å²) >= 11 is 2.57. The summed E-state index contributed by atoms with van der Waals surface area (Å²) in [7, 11) is 0. The first-order chi connectivity index (χ1) is 12.0. The second-order valence-electron chi connectivity index (χ2n) is 6.07. The van der Waals surface area contributed by atoms with Crippen LogP contribution >= 0.6 is 22.9 Å². The second kappa shape index (κ2) is 7.33. The largest absolute Gasteiger partial charge is 0.493 e. The van der Waals surface area contributed by atoms with Gasteiger partial charge in [0, 0.05) is 28.3 Å². The molecule has 0 aliphatic rings. The van der Waals surface area contributed by atoms with Crippen LogP contribution in [-0.2, 0) is 0 Å². The molecule has 0 unspecified atom stereocenters. The van der Waals surface area contributed by atoms with Crippen LogP contribution in [0.3, 0.4) is 0 Å². The lowest BCUT2D eigenvalue weighted by Gasteiger charge is -2.13. The molecule has 1 N–H and O–H groups in total. The van der Waals surface area contributed by atoms with E-state index < -0.39 is 5.97 Å². The summed E-state index contributed by atoms with van der Waals surface area (Å²) in [4.78, 5) is 16.0. The smallest absolute Gasteiger partial charge is 0.347 e. The fourth-order valence-electron chi connectivity index (χ4n) is 2.33. The van der Waals surface area contributed by atoms with Crippen LogP contribution in [0.25, 0.3) is 21.7 Å². The zero-order valence-corrected chi connectivity index (χ0v) is 15.8. The highest BCUT2D eigenvalue weighted by Gasteiger charge is 2.17. The van der Waals surface area contributed by atoms with Crippen molar-refractivity contribution in [1.82, 2.24) is 9.36 Å². The lowest BCUT2D eigenvalue weighted by molar-refractivity contribution is 0.0701. The van der Waals surface area contributed by atoms with Gasteiger partial charge in [-0.3, -0.25) is 0 Å². The SMILES string of the molecule is Cc1nc(-c2ccc(OCC(C)C)c(-c3cnsc3)c2)sc1C(=O)O. The summed E-state index contributed by atoms with van der Waals surface area (Å²) in [6.07, 6.45) is 1.81. The van der Waals surface area contributed by atoms with Gasteiger partial charge in [0.15, 0.2) is 0 Å². The van der Waals surface area contributed by atoms with E-state index in [1.165, 1.54) is 22.9 Å². The number of aromatic nitrogens is 2. The van der Waals surface area contributed by atoms with Crippen LogP contribution in [-0.4, -0.2) is 27.0 Å². The molecule has 3 rings (SSSR count). The van der Waals surface area contributed by atoms with Crippen molar-refractivity contribution in [1.29, 1.82) is 0 Å². The quantitative estimate of drug-likeness (QED) is 0.659. The summed E-state index contributed by atoms with van der Waals surface area (Å²) in [5.74, 6) is 0.276. The Morgan fingerprint density at radius 2 is 2.12 bits per heavy atom. The maximum atomic E-state index is 11.3. The number of hydrogen-bond donors (Lipinski definition) is 1. The molecule has 25 heavy (non-hydrogen) atoms. The van der Waals surface area contributed by atoms with E-state index in [-0.39, 0.29) is 4.88 Å². The zero-order valence-electron chi connectivity index (χ0n) is 14.1. The van der Waals surface area contributed by atoms with Crippen LogP contribution in [0, 0.1) is 12.8 Å². The first kappa shape index (κ1) is 17.6. The Labute approximate surface area is 154 Å². The van der Waals surface area contributed by atoms with Crippen molar-refractivity contribution in [3.8, 4) is 27.4 Å². The Morgan fingerprint density at radius 3 is 2.72 bits per heavy atom. The standard InChI is InChI=1S/C18H18N2O3S2/c1-10(2)8-23-15-5-4-12(6-14(15)13-7-19-24-9-13)17-20-11(3)16(25-17)18(21)22/h4-7,9-10H,8H2,1-3H3,(H,21,22). The first-order valence-electron chi connectivity index (χ1n) is 7.83. The third kappa shape index (κ3) is 3.88. The molecule has 0 amide bonds. The third-order valence-electron chi connectivity index (χ3n) is 3.53. The van der Waals surface area contributed by atoms with Gasteiger partial charge in [0.05, 0.1) is 12.3 Å². The van der Waals surface area contributed by atoms with E-state index in [1.54, 1.807) is 6.92 Å². The minimum atomic E-state index is -0.944. The number of hydrogen-bond acceptors (Lipinski definition) is 6. The maximum Gasteiger partial charge on any atom is 0.347 e. The molecule has 0 saturated carbocycles. The van der Waals surface area contributed by atoms with E-state index in [0.717, 1.165) is 22.4 Å². The van der Waals surface area contributed by atoms with Gasteiger partial charge < -0.3 is 9.84 Å². The van der Waals surface area contributed by atoms with E-state index in [1.807, 2.05) is 29.8 Å². The van der Waals surface area contributed by atoms with Crippen molar-refractivity contribution in [2.75, 3.05) is 6.61 Å². The van der Waals surface area contributed by atoms with E-state index in [2.05, 4.69) is 23.2 Å². The topological polar surface area (TPSA) is 72.3 Å². The fraction of sp³-hybridized carbons (Fsp3) is 0.278. The van der Waals surface area contributed by atoms with Gasteiger partial charge >= 0.3 is 5.97 Å². The van der Waals surface area contributed by atoms with E-state index in [9.17, 15) is 9.90 Å². The predicted molar refractivity (Wildman–Crippen MR) is 101 cm³/mol. The summed E-state index contributed by atoms with van der Waals surface area (Å²) in [5.41, 5.74) is 3.33. The highest BCUT2D eigenvalue weighted by molar-refractivity contribution is 7.17. The van der Waals surface area contributed by atoms with E-state index in [0.29, 0.717) is 23.2 Å². The molecule has 0 aliphatic carbocycles. The molecule has 5 nitrogen and oxygen atoms in total. The average Bonchev–Trinajstić information content (AvgIpc) is 3.22. The van der Waals surface area contributed by atoms with Crippen molar-refractivity contribution >= 4 is 28.8 Å². The van der Waals surface area contributed by atoms with Crippen molar-refractivity contribution in [2.24, 2.45) is 5.92 Å². The van der Waals surface area contributed by atoms with Crippen LogP contribution in [0.15, 0.2) is 29.8 Å². The molecule has 130 valence electrons. The zero-order chi connectivity index (χ0) is 18.0. The molecule has 0 spiro atoms. The molecule has 0 atom stereocenters. The molecule has 0 saturated heterocycles. The van der Waals surface area contributed by atoms with Crippen LogP contribution in [0.4, 0.5) is 0 Å². The molecule has 3 aromatic rings. The van der Waals surface area contributed by atoms with E-state index in [4.69, 9.17) is 4.74 Å². The van der Waals surface area contributed by atoms with Crippen LogP contribution < -0.4 is 4.74 Å². The molecule has 2 heterocycles. The van der Waals surface area contributed by atoms with Crippen LogP contribution in [0.5, 0.6) is 5.75 Å². The lowest BCUT2D eigenvalue weighted by atomic mass is 10.1. The van der Waals surface area contributed by atoms with Crippen molar-refractivity contribution in [3.05, 3.63) is 40.3 Å². The number of nitrogens with zero attached hydrogens (tertiary/aromatic N) is 2. The minimum absolute atomic E-state index is 0.272. The summed E-state index contributed by atoms with van der Waals surface area (Å²) < 4.78 is 10.1. The van der Waals surface area contributed by atoms with Gasteiger partial charge in [0.25, 0.3) is 0 Å². The minimum Gasteiger partial charge on any atom is -0.493 e. The van der Waals surface area contributed by atoms with Gasteiger partial charge in [-0.05, 0) is 42.6 Å². The number of aryl methyl sites for hydroxylation is 1. The Morgan fingerprint density at radius 1 is 1.32 bits per heavy atom. The molecule has 1 aromatic carbocycles. The fourth-order valence-corrected chi connectivity index (χ4v) is 3.77. The van der Waals surface area contributed by atoms with Crippen molar-refractivity contribution < 1.29 is 14.6 Å². The lowest BCUT2D eigenvalue weighted by Crippen LogP contribution is -2.05. The Hall–Kier alpha value is -2.25. The van der Waals surface area contributed by atoms with Gasteiger partial charge in [-0.25, -0.2) is 14.2 Å². The Bertz CT molecular complexity index is 886. The van der Waals surface area contributed by atoms with Crippen molar-refractivity contribution in [3.63, 3.8) is 0 Å². The molecule has 0 radical (unpaired) electrons. The van der Waals surface area contributed by atoms with Gasteiger partial charge in [-0.2, -0.15) is 0 Å². The molecular formula is C18H18N2O3S2. The van der Waals surface area contributed by atoms with E-state index >= 15 is 0 Å². The van der Waals surface area contributed by atoms with Gasteiger partial charge in [0.1, 0.15) is 15.6 Å². The van der Waals surface area contributed by atoms with Gasteiger partial charge in [0.2, 0.25) is 0 Å². The maximum absolute atomic E-state index is 11.3. The monoisotopic (exact) mass is 374 g/mol. The number of rotatable bonds is 6. The van der Waals surface area contributed by atoms with Crippen molar-refractivity contribution in [2.45, 2.75) is 20.8 Å². The highest BCUT2D eigenvalue weighted by Crippen LogP contribution is 2.37. The molecule has 0 fully saturated rings. The third-order valence-corrected chi connectivity index (χ3v) is 5.31. The number of thiazole rings is 1. The number of benzene rings is 1. The van der Waals surface area contributed by atoms with Gasteiger partial charge in [-0.15, -0.1) is 11.3 Å². The number of carboxylic acids is 1. The Balaban J connectivity index is 2.03. The number of carboxylic acid groups (broad SMARTS) is 1. The number of aromatic carboxylic acids is 1. The second-order valence-corrected chi connectivity index (χ2v) is 7.72. The molecule has 2 aromatic heterocycles. The first-order valence-corrected chi connectivity index (χ1v) is 9.48. The summed E-state index contributed by atoms with van der Waals surface area (Å²) in [6.45, 7) is 6.55. The number of carbonyl (C=O) groups is 1. The van der Waals surface area contributed by atoms with Crippen LogP contribution in [0.2, 0.25) is 0 Å². The summed E-state index contributed by atoms with van der Waals surface area (Å²) in [6, 6.07) is 5.83. The molecular weight excluding hydrogens is 356 g/mol. The highest BCUT2D eigenvalue weighted by atomic mass is 32.1. The Kier molecular flexibility index (Phi) is 5.15. The molecule has 0 bridgehead atoms. The molecule has 0 aliphatic heterocycles. The average molecular weight is 374 g/mol. The number of ether oxygens (including phenoxy) is 1. The summed E-state index contributed by atoms with van der Waals surface area (Å²) in [5, 5.41) is 11.9. The van der Waals surface area contributed by atoms with Crippen LogP contribution in [0.1, 0.15) is 29.2 Å².